The third-order valence-corrected chi connectivity index (χ3v) is 4.56. The van der Waals surface area contributed by atoms with Gasteiger partial charge in [0.05, 0.1) is 16.7 Å². The highest BCUT2D eigenvalue weighted by molar-refractivity contribution is 9.08. The number of fused-ring (bicyclic) bond motifs is 1. The largest absolute Gasteiger partial charge is 0.298 e. The Kier molecular flexibility index (Phi) is 3.57. The van der Waals surface area contributed by atoms with Crippen molar-refractivity contribution in [1.82, 2.24) is 9.55 Å². The van der Waals surface area contributed by atoms with Gasteiger partial charge in [-0.15, -0.1) is 0 Å². The summed E-state index contributed by atoms with van der Waals surface area (Å²) in [7, 11) is 0. The van der Waals surface area contributed by atoms with Gasteiger partial charge in [-0.25, -0.2) is 4.98 Å². The van der Waals surface area contributed by atoms with Crippen molar-refractivity contribution >= 4 is 38.6 Å². The van der Waals surface area contributed by atoms with E-state index in [1.165, 1.54) is 11.1 Å². The molecule has 1 heterocycles. The number of benzene rings is 2. The van der Waals surface area contributed by atoms with Crippen LogP contribution in [0.2, 0.25) is 5.02 Å². The smallest absolute Gasteiger partial charge is 0.100 e. The van der Waals surface area contributed by atoms with E-state index >= 15 is 0 Å². The lowest BCUT2D eigenvalue weighted by Crippen LogP contribution is -1.98. The number of hydrogen-bond donors (Lipinski definition) is 0. The highest BCUT2D eigenvalue weighted by atomic mass is 79.9. The van der Waals surface area contributed by atoms with E-state index < -0.39 is 0 Å². The van der Waals surface area contributed by atoms with Gasteiger partial charge in [0.2, 0.25) is 0 Å². The van der Waals surface area contributed by atoms with Crippen LogP contribution in [0.25, 0.3) is 16.7 Å². The Morgan fingerprint density at radius 2 is 1.95 bits per heavy atom. The highest BCUT2D eigenvalue weighted by Gasteiger charge is 2.11. The lowest BCUT2D eigenvalue weighted by molar-refractivity contribution is 1.07. The molecule has 102 valence electrons. The first kappa shape index (κ1) is 13.7. The maximum absolute atomic E-state index is 6.29. The minimum atomic E-state index is 0.715. The summed E-state index contributed by atoms with van der Waals surface area (Å²) in [5, 5.41) is 1.48. The number of aryl methyl sites for hydroxylation is 2. The van der Waals surface area contributed by atoms with Gasteiger partial charge in [0, 0.05) is 15.9 Å². The molecule has 0 radical (unpaired) electrons. The van der Waals surface area contributed by atoms with Crippen LogP contribution in [0.4, 0.5) is 0 Å². The number of rotatable bonds is 2. The van der Waals surface area contributed by atoms with E-state index in [0.717, 1.165) is 27.3 Å². The molecular formula is C16H14BrClN2. The third kappa shape index (κ3) is 2.15. The average molecular weight is 350 g/mol. The molecule has 0 atom stereocenters. The van der Waals surface area contributed by atoms with Gasteiger partial charge in [0.1, 0.15) is 6.33 Å². The predicted molar refractivity (Wildman–Crippen MR) is 88.2 cm³/mol. The number of alkyl halides is 1. The van der Waals surface area contributed by atoms with Gasteiger partial charge < -0.3 is 0 Å². The quantitative estimate of drug-likeness (QED) is 0.582. The second-order valence-electron chi connectivity index (χ2n) is 4.91. The van der Waals surface area contributed by atoms with E-state index in [2.05, 4.69) is 57.5 Å². The molecule has 3 rings (SSSR count). The van der Waals surface area contributed by atoms with Crippen LogP contribution in [-0.2, 0) is 5.33 Å². The maximum Gasteiger partial charge on any atom is 0.100 e. The molecule has 0 amide bonds. The summed E-state index contributed by atoms with van der Waals surface area (Å²) in [6.07, 6.45) is 1.86. The fourth-order valence-corrected chi connectivity index (χ4v) is 3.35. The monoisotopic (exact) mass is 348 g/mol. The van der Waals surface area contributed by atoms with E-state index in [1.807, 2.05) is 18.5 Å². The Morgan fingerprint density at radius 3 is 2.70 bits per heavy atom. The van der Waals surface area contributed by atoms with Crippen molar-refractivity contribution < 1.29 is 0 Å². The van der Waals surface area contributed by atoms with Crippen molar-refractivity contribution in [3.8, 4) is 5.69 Å². The fraction of sp³-hybridized carbons (Fsp3) is 0.188. The number of hydrogen-bond acceptors (Lipinski definition) is 1. The topological polar surface area (TPSA) is 17.8 Å². The molecule has 0 saturated heterocycles. The Bertz CT molecular complexity index is 793. The summed E-state index contributed by atoms with van der Waals surface area (Å²) >= 11 is 9.81. The van der Waals surface area contributed by atoms with Crippen LogP contribution in [0.5, 0.6) is 0 Å². The van der Waals surface area contributed by atoms with E-state index in [0.29, 0.717) is 5.33 Å². The molecule has 0 N–H and O–H groups in total. The van der Waals surface area contributed by atoms with E-state index in [4.69, 9.17) is 11.6 Å². The predicted octanol–water partition coefficient (Wildman–Crippen LogP) is 5.19. The summed E-state index contributed by atoms with van der Waals surface area (Å²) in [5.74, 6) is 0. The zero-order chi connectivity index (χ0) is 14.3. The van der Waals surface area contributed by atoms with Crippen molar-refractivity contribution in [3.05, 3.63) is 58.4 Å². The van der Waals surface area contributed by atoms with Crippen molar-refractivity contribution in [2.24, 2.45) is 0 Å². The van der Waals surface area contributed by atoms with E-state index in [1.54, 1.807) is 0 Å². The Labute approximate surface area is 131 Å². The van der Waals surface area contributed by atoms with Crippen LogP contribution in [0, 0.1) is 13.8 Å². The third-order valence-electron chi connectivity index (χ3n) is 3.65. The Balaban J connectivity index is 2.30. The second kappa shape index (κ2) is 5.23. The molecule has 0 spiro atoms. The number of imidazole rings is 1. The van der Waals surface area contributed by atoms with Gasteiger partial charge in [0.15, 0.2) is 0 Å². The minimum Gasteiger partial charge on any atom is -0.298 e. The lowest BCUT2D eigenvalue weighted by atomic mass is 10.1. The van der Waals surface area contributed by atoms with Gasteiger partial charge in [-0.1, -0.05) is 33.6 Å². The molecule has 0 bridgehead atoms. The summed E-state index contributed by atoms with van der Waals surface area (Å²) in [6, 6.07) is 10.3. The maximum atomic E-state index is 6.29. The van der Waals surface area contributed by atoms with E-state index in [-0.39, 0.29) is 0 Å². The molecule has 3 aromatic rings. The van der Waals surface area contributed by atoms with Gasteiger partial charge in [-0.05, 0) is 49.2 Å². The van der Waals surface area contributed by atoms with Crippen molar-refractivity contribution in [2.45, 2.75) is 19.2 Å². The molecule has 0 aliphatic heterocycles. The summed E-state index contributed by atoms with van der Waals surface area (Å²) < 4.78 is 2.10. The lowest BCUT2D eigenvalue weighted by Gasteiger charge is -2.11. The number of nitrogens with zero attached hydrogens (tertiary/aromatic N) is 2. The molecule has 2 aromatic carbocycles. The molecule has 0 aliphatic rings. The average Bonchev–Trinajstić information content (AvgIpc) is 2.81. The van der Waals surface area contributed by atoms with Crippen molar-refractivity contribution in [1.29, 1.82) is 0 Å². The van der Waals surface area contributed by atoms with Crippen LogP contribution in [0.3, 0.4) is 0 Å². The first-order valence-corrected chi connectivity index (χ1v) is 7.90. The SMILES string of the molecule is Cc1cc2ncn(-c3cccc(Cl)c3CBr)c2cc1C. The molecule has 1 aromatic heterocycles. The highest BCUT2D eigenvalue weighted by Crippen LogP contribution is 2.29. The Morgan fingerprint density at radius 1 is 1.20 bits per heavy atom. The molecule has 0 unspecified atom stereocenters. The zero-order valence-electron chi connectivity index (χ0n) is 11.3. The normalized spacial score (nSPS) is 11.2. The van der Waals surface area contributed by atoms with Gasteiger partial charge in [-0.2, -0.15) is 0 Å². The first-order valence-electron chi connectivity index (χ1n) is 6.40. The van der Waals surface area contributed by atoms with Gasteiger partial charge in [0.25, 0.3) is 0 Å². The van der Waals surface area contributed by atoms with Crippen LogP contribution >= 0.6 is 27.5 Å². The molecule has 0 saturated carbocycles. The molecular weight excluding hydrogens is 336 g/mol. The molecule has 0 aliphatic carbocycles. The summed E-state index contributed by atoms with van der Waals surface area (Å²) in [4.78, 5) is 4.51. The second-order valence-corrected chi connectivity index (χ2v) is 5.88. The van der Waals surface area contributed by atoms with Gasteiger partial charge in [-0.3, -0.25) is 4.57 Å². The van der Waals surface area contributed by atoms with Crippen LogP contribution < -0.4 is 0 Å². The van der Waals surface area contributed by atoms with Crippen LogP contribution in [0.1, 0.15) is 16.7 Å². The standard InChI is InChI=1S/C16H14BrClN2/c1-10-6-14-16(7-11(10)2)20(9-19-14)15-5-3-4-13(18)12(15)8-17/h3-7,9H,8H2,1-2H3. The van der Waals surface area contributed by atoms with Crippen molar-refractivity contribution in [2.75, 3.05) is 0 Å². The number of aromatic nitrogens is 2. The Hall–Kier alpha value is -1.32. The number of halogens is 2. The fourth-order valence-electron chi connectivity index (χ4n) is 2.36. The van der Waals surface area contributed by atoms with Crippen LogP contribution in [0.15, 0.2) is 36.7 Å². The summed E-state index contributed by atoms with van der Waals surface area (Å²) in [6.45, 7) is 4.23. The summed E-state index contributed by atoms with van der Waals surface area (Å²) in [5.41, 5.74) is 6.79. The van der Waals surface area contributed by atoms with Crippen LogP contribution in [-0.4, -0.2) is 9.55 Å². The molecule has 4 heteroatoms. The molecule has 2 nitrogen and oxygen atoms in total. The van der Waals surface area contributed by atoms with Gasteiger partial charge >= 0.3 is 0 Å². The first-order chi connectivity index (χ1) is 9.61. The zero-order valence-corrected chi connectivity index (χ0v) is 13.7. The van der Waals surface area contributed by atoms with E-state index in [9.17, 15) is 0 Å². The molecule has 20 heavy (non-hydrogen) atoms. The minimum absolute atomic E-state index is 0.715. The molecule has 0 fully saturated rings. The van der Waals surface area contributed by atoms with Crippen molar-refractivity contribution in [3.63, 3.8) is 0 Å².